The molecule has 0 saturated carbocycles. The lowest BCUT2D eigenvalue weighted by atomic mass is 10.0. The van der Waals surface area contributed by atoms with Crippen LogP contribution in [0.2, 0.25) is 0 Å². The molecule has 0 spiro atoms. The Morgan fingerprint density at radius 2 is 1.31 bits per heavy atom. The Labute approximate surface area is 253 Å². The first-order chi connectivity index (χ1) is 18.9. The second-order valence-corrected chi connectivity index (χ2v) is 12.6. The quantitative estimate of drug-likeness (QED) is 0.186. The standard InChI is InChI=1S/C30H20Br3N3O2S/c31-28-19-9-8-18(34-19)27(17-6-4-16(5-7-17)2-1-3-26(37)38)24-14-15-25(39-24)30(33)23-13-12-22(36-23)29(32)21-11-10-20(28)35-21/h4-15,35H,1-3H2,(H,37,38). The van der Waals surface area contributed by atoms with Crippen molar-refractivity contribution in [2.45, 2.75) is 19.3 Å². The van der Waals surface area contributed by atoms with Gasteiger partial charge < -0.3 is 10.1 Å². The van der Waals surface area contributed by atoms with Gasteiger partial charge in [0.15, 0.2) is 0 Å². The monoisotopic (exact) mass is 723 g/mol. The predicted molar refractivity (Wildman–Crippen MR) is 171 cm³/mol. The zero-order valence-corrected chi connectivity index (χ0v) is 25.9. The summed E-state index contributed by atoms with van der Waals surface area (Å²) in [5.41, 5.74) is 8.49. The number of carboxylic acid groups (broad SMARTS) is 1. The Hall–Kier alpha value is -2.85. The number of halogens is 3. The number of aryl methyl sites for hydroxylation is 1. The number of aromatic nitrogens is 3. The van der Waals surface area contributed by atoms with Gasteiger partial charge in [0.2, 0.25) is 0 Å². The van der Waals surface area contributed by atoms with E-state index < -0.39 is 5.97 Å². The van der Waals surface area contributed by atoms with Crippen LogP contribution in [0.4, 0.5) is 0 Å². The maximum absolute atomic E-state index is 10.9. The molecule has 0 amide bonds. The van der Waals surface area contributed by atoms with E-state index in [9.17, 15) is 4.79 Å². The smallest absolute Gasteiger partial charge is 0.303 e. The third-order valence-electron chi connectivity index (χ3n) is 6.54. The van der Waals surface area contributed by atoms with E-state index in [0.717, 1.165) is 79.7 Å². The lowest BCUT2D eigenvalue weighted by Gasteiger charge is -2.06. The van der Waals surface area contributed by atoms with Gasteiger partial charge in [0, 0.05) is 21.4 Å². The molecule has 0 radical (unpaired) electrons. The van der Waals surface area contributed by atoms with Crippen LogP contribution >= 0.6 is 59.1 Å². The number of hydrogen-bond acceptors (Lipinski definition) is 4. The fourth-order valence-corrected chi connectivity index (χ4v) is 7.10. The van der Waals surface area contributed by atoms with Gasteiger partial charge in [-0.05, 0) is 120 Å². The summed E-state index contributed by atoms with van der Waals surface area (Å²) in [5, 5.41) is 8.96. The number of H-pyrrole nitrogens is 1. The number of aromatic amines is 1. The van der Waals surface area contributed by atoms with Crippen LogP contribution in [0, 0.1) is 0 Å². The van der Waals surface area contributed by atoms with Crippen molar-refractivity contribution in [2.75, 3.05) is 0 Å². The molecular formula is C30H20Br3N3O2S. The third kappa shape index (κ3) is 5.33. The number of carbonyl (C=O) groups is 1. The molecule has 0 atom stereocenters. The van der Waals surface area contributed by atoms with Crippen LogP contribution in [-0.2, 0) is 11.2 Å². The minimum absolute atomic E-state index is 0.172. The molecule has 8 bridgehead atoms. The molecule has 0 saturated heterocycles. The van der Waals surface area contributed by atoms with E-state index in [4.69, 9.17) is 15.1 Å². The maximum Gasteiger partial charge on any atom is 0.303 e. The largest absolute Gasteiger partial charge is 0.481 e. The predicted octanol–water partition coefficient (Wildman–Crippen LogP) is 9.75. The van der Waals surface area contributed by atoms with Crippen LogP contribution in [0.3, 0.4) is 0 Å². The van der Waals surface area contributed by atoms with E-state index in [1.54, 1.807) is 11.3 Å². The molecule has 2 aliphatic rings. The summed E-state index contributed by atoms with van der Waals surface area (Å²) in [6.07, 6.45) is 9.62. The fourth-order valence-electron chi connectivity index (χ4n) is 4.57. The van der Waals surface area contributed by atoms with Crippen molar-refractivity contribution < 1.29 is 9.90 Å². The summed E-state index contributed by atoms with van der Waals surface area (Å²) in [5.74, 6) is -0.764. The van der Waals surface area contributed by atoms with Gasteiger partial charge in [-0.15, -0.1) is 11.3 Å². The SMILES string of the molecule is O=C(O)CCCc1ccc(-c2c3nc(c(Br)c4ccc([nH]4)c(Br)c4nc(c(Br)c5ccc2s5)C=C4)C=C3)cc1. The number of nitrogens with one attached hydrogen (secondary N) is 1. The summed E-state index contributed by atoms with van der Waals surface area (Å²) in [6, 6.07) is 16.7. The van der Waals surface area contributed by atoms with Crippen molar-refractivity contribution >= 4 is 110 Å². The molecular weight excluding hydrogens is 706 g/mol. The van der Waals surface area contributed by atoms with Crippen LogP contribution in [-0.4, -0.2) is 26.0 Å². The number of nitrogens with zero attached hydrogens (tertiary/aromatic N) is 2. The summed E-state index contributed by atoms with van der Waals surface area (Å²) in [7, 11) is 0. The van der Waals surface area contributed by atoms with E-state index in [1.165, 1.54) is 0 Å². The van der Waals surface area contributed by atoms with Gasteiger partial charge >= 0.3 is 5.97 Å². The van der Waals surface area contributed by atoms with Crippen LogP contribution in [0.15, 0.2) is 61.9 Å². The van der Waals surface area contributed by atoms with Gasteiger partial charge in [-0.3, -0.25) is 4.79 Å². The highest BCUT2D eigenvalue weighted by Gasteiger charge is 2.15. The summed E-state index contributed by atoms with van der Waals surface area (Å²) < 4.78 is 4.86. The molecule has 39 heavy (non-hydrogen) atoms. The Morgan fingerprint density at radius 1 is 0.744 bits per heavy atom. The Kier molecular flexibility index (Phi) is 7.41. The number of rotatable bonds is 5. The second-order valence-electron chi connectivity index (χ2n) is 9.14. The summed E-state index contributed by atoms with van der Waals surface area (Å²) in [4.78, 5) is 24.3. The van der Waals surface area contributed by atoms with E-state index in [0.29, 0.717) is 6.42 Å². The van der Waals surface area contributed by atoms with E-state index in [-0.39, 0.29) is 6.42 Å². The van der Waals surface area contributed by atoms with Gasteiger partial charge in [0.05, 0.1) is 47.2 Å². The molecule has 194 valence electrons. The van der Waals surface area contributed by atoms with Crippen LogP contribution in [0.1, 0.15) is 41.2 Å². The average Bonchev–Trinajstić information content (AvgIpc) is 3.74. The van der Waals surface area contributed by atoms with Crippen molar-refractivity contribution in [3.63, 3.8) is 0 Å². The molecule has 5 heterocycles. The normalized spacial score (nSPS) is 12.3. The first kappa shape index (κ1) is 26.4. The molecule has 4 aromatic rings. The number of aliphatic carboxylic acids is 1. The van der Waals surface area contributed by atoms with Crippen LogP contribution in [0.5, 0.6) is 0 Å². The molecule has 1 aromatic carbocycles. The lowest BCUT2D eigenvalue weighted by Crippen LogP contribution is -1.95. The Morgan fingerprint density at radius 3 is 1.95 bits per heavy atom. The van der Waals surface area contributed by atoms with Crippen molar-refractivity contribution in [1.29, 1.82) is 0 Å². The topological polar surface area (TPSA) is 78.9 Å². The van der Waals surface area contributed by atoms with Gasteiger partial charge in [-0.2, -0.15) is 0 Å². The van der Waals surface area contributed by atoms with Crippen LogP contribution < -0.4 is 0 Å². The highest BCUT2D eigenvalue weighted by atomic mass is 79.9. The second kappa shape index (κ2) is 11.0. The molecule has 2 N–H and O–H groups in total. The highest BCUT2D eigenvalue weighted by Crippen LogP contribution is 2.38. The Balaban J connectivity index is 1.60. The van der Waals surface area contributed by atoms with E-state index in [1.807, 2.05) is 30.4 Å². The minimum atomic E-state index is -0.764. The van der Waals surface area contributed by atoms with Crippen molar-refractivity contribution in [3.8, 4) is 11.1 Å². The molecule has 0 fully saturated rings. The molecule has 0 unspecified atom stereocenters. The summed E-state index contributed by atoms with van der Waals surface area (Å²) >= 11 is 13.0. The molecule has 0 aliphatic carbocycles. The first-order valence-electron chi connectivity index (χ1n) is 12.2. The zero-order chi connectivity index (χ0) is 27.1. The molecule has 3 aromatic heterocycles. The maximum atomic E-state index is 10.9. The first-order valence-corrected chi connectivity index (χ1v) is 15.4. The van der Waals surface area contributed by atoms with E-state index >= 15 is 0 Å². The molecule has 9 heteroatoms. The molecule has 5 nitrogen and oxygen atoms in total. The van der Waals surface area contributed by atoms with Crippen molar-refractivity contribution in [3.05, 3.63) is 90.3 Å². The van der Waals surface area contributed by atoms with Gasteiger partial charge in [0.1, 0.15) is 0 Å². The Bertz CT molecular complexity index is 1850. The average molecular weight is 726 g/mol. The highest BCUT2D eigenvalue weighted by molar-refractivity contribution is 9.11. The van der Waals surface area contributed by atoms with Gasteiger partial charge in [-0.25, -0.2) is 9.97 Å². The molecule has 2 aliphatic heterocycles. The number of carboxylic acids is 1. The fraction of sp³-hybridized carbons (Fsp3) is 0.100. The van der Waals surface area contributed by atoms with Crippen LogP contribution in [0.25, 0.3) is 55.9 Å². The lowest BCUT2D eigenvalue weighted by molar-refractivity contribution is -0.137. The number of hydrogen-bond donors (Lipinski definition) is 2. The third-order valence-corrected chi connectivity index (χ3v) is 10.4. The zero-order valence-electron chi connectivity index (χ0n) is 20.3. The summed E-state index contributed by atoms with van der Waals surface area (Å²) in [6.45, 7) is 0. The minimum Gasteiger partial charge on any atom is -0.481 e. The van der Waals surface area contributed by atoms with E-state index in [2.05, 4.69) is 95.2 Å². The molecule has 6 rings (SSSR count). The number of benzene rings is 1. The van der Waals surface area contributed by atoms with Crippen molar-refractivity contribution in [1.82, 2.24) is 15.0 Å². The van der Waals surface area contributed by atoms with Gasteiger partial charge in [-0.1, -0.05) is 24.3 Å². The number of thiophene rings is 1. The van der Waals surface area contributed by atoms with Crippen molar-refractivity contribution in [2.24, 2.45) is 0 Å². The number of fused-ring (bicyclic) bond motifs is 8. The van der Waals surface area contributed by atoms with Gasteiger partial charge in [0.25, 0.3) is 0 Å².